The summed E-state index contributed by atoms with van der Waals surface area (Å²) < 4.78 is 19.2. The molecule has 1 aliphatic rings. The summed E-state index contributed by atoms with van der Waals surface area (Å²) in [6.45, 7) is 5.58. The summed E-state index contributed by atoms with van der Waals surface area (Å²) in [7, 11) is 0. The minimum atomic E-state index is -0.146. The quantitative estimate of drug-likeness (QED) is 0.869. The van der Waals surface area contributed by atoms with Crippen molar-refractivity contribution in [2.24, 2.45) is 0 Å². The van der Waals surface area contributed by atoms with Crippen LogP contribution in [-0.4, -0.2) is 18.2 Å². The predicted molar refractivity (Wildman–Crippen MR) is 66.3 cm³/mol. The molecule has 1 saturated heterocycles. The average Bonchev–Trinajstić information content (AvgIpc) is 2.61. The molecule has 0 aliphatic carbocycles. The summed E-state index contributed by atoms with van der Waals surface area (Å²) in [5.41, 5.74) is 0.717. The number of hydrogen-bond acceptors (Lipinski definition) is 2. The van der Waals surface area contributed by atoms with Gasteiger partial charge in [0.1, 0.15) is 5.82 Å². The minimum absolute atomic E-state index is 0.00431. The zero-order valence-electron chi connectivity index (χ0n) is 10.5. The lowest BCUT2D eigenvalue weighted by Gasteiger charge is -2.19. The first kappa shape index (κ1) is 12.5. The lowest BCUT2D eigenvalue weighted by Crippen LogP contribution is -2.29. The van der Waals surface area contributed by atoms with Gasteiger partial charge in [-0.05, 0) is 32.8 Å². The van der Waals surface area contributed by atoms with Crippen LogP contribution in [0.1, 0.15) is 32.3 Å². The molecule has 1 aromatic rings. The Kier molecular flexibility index (Phi) is 3.79. The molecule has 0 saturated carbocycles. The van der Waals surface area contributed by atoms with Crippen LogP contribution in [0.4, 0.5) is 4.39 Å². The van der Waals surface area contributed by atoms with Crippen molar-refractivity contribution in [3.8, 4) is 0 Å². The molecular weight excluding hydrogens is 217 g/mol. The van der Waals surface area contributed by atoms with E-state index in [9.17, 15) is 4.39 Å². The number of rotatable bonds is 4. The van der Waals surface area contributed by atoms with Crippen molar-refractivity contribution in [3.05, 3.63) is 35.6 Å². The van der Waals surface area contributed by atoms with Crippen LogP contribution in [-0.2, 0) is 11.3 Å². The summed E-state index contributed by atoms with van der Waals surface area (Å²) in [5, 5.41) is 3.26. The SMILES string of the molecule is CC1(C)CCC(CNCc2ccccc2F)O1. The fourth-order valence-electron chi connectivity index (χ4n) is 2.23. The van der Waals surface area contributed by atoms with E-state index in [1.54, 1.807) is 6.07 Å². The second kappa shape index (κ2) is 5.15. The topological polar surface area (TPSA) is 21.3 Å². The second-order valence-electron chi connectivity index (χ2n) is 5.26. The highest BCUT2D eigenvalue weighted by Gasteiger charge is 2.31. The van der Waals surface area contributed by atoms with E-state index >= 15 is 0 Å². The Hall–Kier alpha value is -0.930. The first-order chi connectivity index (χ1) is 8.07. The van der Waals surface area contributed by atoms with Crippen molar-refractivity contribution >= 4 is 0 Å². The number of halogens is 1. The van der Waals surface area contributed by atoms with Crippen molar-refractivity contribution in [3.63, 3.8) is 0 Å². The Balaban J connectivity index is 1.76. The predicted octanol–water partition coefficient (Wildman–Crippen LogP) is 2.87. The molecular formula is C14H20FNO. The minimum Gasteiger partial charge on any atom is -0.371 e. The van der Waals surface area contributed by atoms with Crippen LogP contribution in [0.5, 0.6) is 0 Å². The maximum Gasteiger partial charge on any atom is 0.127 e. The Morgan fingerprint density at radius 2 is 2.18 bits per heavy atom. The molecule has 1 fully saturated rings. The van der Waals surface area contributed by atoms with Gasteiger partial charge in [-0.25, -0.2) is 4.39 Å². The van der Waals surface area contributed by atoms with E-state index in [0.29, 0.717) is 12.1 Å². The van der Waals surface area contributed by atoms with E-state index in [4.69, 9.17) is 4.74 Å². The average molecular weight is 237 g/mol. The third-order valence-electron chi connectivity index (χ3n) is 3.20. The molecule has 2 nitrogen and oxygen atoms in total. The zero-order chi connectivity index (χ0) is 12.3. The largest absolute Gasteiger partial charge is 0.371 e. The van der Waals surface area contributed by atoms with Crippen LogP contribution in [0.3, 0.4) is 0 Å². The van der Waals surface area contributed by atoms with Crippen LogP contribution in [0.25, 0.3) is 0 Å². The second-order valence-corrected chi connectivity index (χ2v) is 5.26. The van der Waals surface area contributed by atoms with Crippen LogP contribution in [0.2, 0.25) is 0 Å². The molecule has 1 N–H and O–H groups in total. The van der Waals surface area contributed by atoms with Crippen molar-refractivity contribution < 1.29 is 9.13 Å². The first-order valence-electron chi connectivity index (χ1n) is 6.19. The molecule has 0 spiro atoms. The van der Waals surface area contributed by atoms with Gasteiger partial charge in [-0.1, -0.05) is 18.2 Å². The zero-order valence-corrected chi connectivity index (χ0v) is 10.5. The fraction of sp³-hybridized carbons (Fsp3) is 0.571. The number of benzene rings is 1. The van der Waals surface area contributed by atoms with Gasteiger partial charge in [0.15, 0.2) is 0 Å². The highest BCUT2D eigenvalue weighted by Crippen LogP contribution is 2.28. The van der Waals surface area contributed by atoms with Gasteiger partial charge in [-0.2, -0.15) is 0 Å². The Morgan fingerprint density at radius 3 is 2.82 bits per heavy atom. The standard InChI is InChI=1S/C14H20FNO/c1-14(2)8-7-12(17-14)10-16-9-11-5-3-4-6-13(11)15/h3-6,12,16H,7-10H2,1-2H3. The lowest BCUT2D eigenvalue weighted by molar-refractivity contribution is -0.0143. The van der Waals surface area contributed by atoms with Crippen LogP contribution >= 0.6 is 0 Å². The smallest absolute Gasteiger partial charge is 0.127 e. The molecule has 2 rings (SSSR count). The summed E-state index contributed by atoms with van der Waals surface area (Å²) >= 11 is 0. The van der Waals surface area contributed by atoms with E-state index in [-0.39, 0.29) is 17.5 Å². The molecule has 0 bridgehead atoms. The van der Waals surface area contributed by atoms with E-state index in [1.807, 2.05) is 12.1 Å². The number of hydrogen-bond donors (Lipinski definition) is 1. The molecule has 0 amide bonds. The summed E-state index contributed by atoms with van der Waals surface area (Å²) in [4.78, 5) is 0. The van der Waals surface area contributed by atoms with Gasteiger partial charge in [-0.15, -0.1) is 0 Å². The van der Waals surface area contributed by atoms with Crippen molar-refractivity contribution in [1.82, 2.24) is 5.32 Å². The first-order valence-corrected chi connectivity index (χ1v) is 6.19. The fourth-order valence-corrected chi connectivity index (χ4v) is 2.23. The van der Waals surface area contributed by atoms with Crippen molar-refractivity contribution in [2.75, 3.05) is 6.54 Å². The molecule has 1 unspecified atom stereocenters. The molecule has 1 heterocycles. The highest BCUT2D eigenvalue weighted by molar-refractivity contribution is 5.16. The number of nitrogens with one attached hydrogen (secondary N) is 1. The van der Waals surface area contributed by atoms with Gasteiger partial charge in [0.25, 0.3) is 0 Å². The normalized spacial score (nSPS) is 22.9. The van der Waals surface area contributed by atoms with Gasteiger partial charge in [0.05, 0.1) is 11.7 Å². The van der Waals surface area contributed by atoms with E-state index in [2.05, 4.69) is 19.2 Å². The van der Waals surface area contributed by atoms with Gasteiger partial charge in [0, 0.05) is 18.7 Å². The van der Waals surface area contributed by atoms with Gasteiger partial charge < -0.3 is 10.1 Å². The third-order valence-corrected chi connectivity index (χ3v) is 3.20. The Morgan fingerprint density at radius 1 is 1.41 bits per heavy atom. The van der Waals surface area contributed by atoms with E-state index in [0.717, 1.165) is 19.4 Å². The van der Waals surface area contributed by atoms with E-state index < -0.39 is 0 Å². The van der Waals surface area contributed by atoms with Gasteiger partial charge in [-0.3, -0.25) is 0 Å². The maximum absolute atomic E-state index is 13.3. The molecule has 1 atom stereocenters. The van der Waals surface area contributed by atoms with E-state index in [1.165, 1.54) is 6.07 Å². The summed E-state index contributed by atoms with van der Waals surface area (Å²) in [6, 6.07) is 6.87. The molecule has 17 heavy (non-hydrogen) atoms. The van der Waals surface area contributed by atoms with Crippen LogP contribution < -0.4 is 5.32 Å². The van der Waals surface area contributed by atoms with Gasteiger partial charge in [0.2, 0.25) is 0 Å². The molecule has 3 heteroatoms. The molecule has 1 aromatic carbocycles. The lowest BCUT2D eigenvalue weighted by atomic mass is 10.1. The van der Waals surface area contributed by atoms with Crippen LogP contribution in [0, 0.1) is 5.82 Å². The monoisotopic (exact) mass is 237 g/mol. The van der Waals surface area contributed by atoms with Crippen molar-refractivity contribution in [1.29, 1.82) is 0 Å². The molecule has 0 radical (unpaired) electrons. The van der Waals surface area contributed by atoms with Crippen molar-refractivity contribution in [2.45, 2.75) is 44.9 Å². The van der Waals surface area contributed by atoms with Crippen LogP contribution in [0.15, 0.2) is 24.3 Å². The molecule has 0 aromatic heterocycles. The Bertz CT molecular complexity index is 378. The Labute approximate surface area is 102 Å². The number of ether oxygens (including phenoxy) is 1. The molecule has 1 aliphatic heterocycles. The summed E-state index contributed by atoms with van der Waals surface area (Å²) in [6.07, 6.45) is 2.44. The summed E-state index contributed by atoms with van der Waals surface area (Å²) in [5.74, 6) is -0.146. The van der Waals surface area contributed by atoms with Gasteiger partial charge >= 0.3 is 0 Å². The third kappa shape index (κ3) is 3.51. The molecule has 94 valence electrons. The maximum atomic E-state index is 13.3. The highest BCUT2D eigenvalue weighted by atomic mass is 19.1.